The minimum absolute atomic E-state index is 0.177. The number of hydrogen-bond acceptors (Lipinski definition) is 6. The lowest BCUT2D eigenvalue weighted by Gasteiger charge is -2.20. The second-order valence-corrected chi connectivity index (χ2v) is 5.77. The van der Waals surface area contributed by atoms with Gasteiger partial charge in [0.25, 0.3) is 0 Å². The fourth-order valence-corrected chi connectivity index (χ4v) is 2.37. The molecule has 2 aromatic rings. The van der Waals surface area contributed by atoms with Gasteiger partial charge in [0, 0.05) is 25.5 Å². The summed E-state index contributed by atoms with van der Waals surface area (Å²) in [5, 5.41) is 10.1. The lowest BCUT2D eigenvalue weighted by Crippen LogP contribution is -2.32. The van der Waals surface area contributed by atoms with Gasteiger partial charge in [0.15, 0.2) is 0 Å². The average molecular weight is 344 g/mol. The third-order valence-electron chi connectivity index (χ3n) is 3.51. The topological polar surface area (TPSA) is 71.9 Å². The average Bonchev–Trinajstić information content (AvgIpc) is 2.61. The van der Waals surface area contributed by atoms with E-state index in [9.17, 15) is 9.90 Å². The van der Waals surface area contributed by atoms with Crippen molar-refractivity contribution in [3.63, 3.8) is 0 Å². The summed E-state index contributed by atoms with van der Waals surface area (Å²) in [7, 11) is 1.93. The van der Waals surface area contributed by atoms with E-state index in [1.807, 2.05) is 30.3 Å². The quantitative estimate of drug-likeness (QED) is 0.703. The number of rotatable bonds is 9. The Bertz CT molecular complexity index is 646. The molecule has 1 N–H and O–H groups in total. The first-order chi connectivity index (χ1) is 12.1. The number of likely N-dealkylation sites (N-methyl/N-ethyl adjacent to an activating group) is 1. The number of nitrogens with zero attached hydrogens (tertiary/aromatic N) is 2. The zero-order valence-electron chi connectivity index (χ0n) is 14.6. The third kappa shape index (κ3) is 6.52. The van der Waals surface area contributed by atoms with E-state index in [1.54, 1.807) is 37.4 Å². The Morgan fingerprint density at radius 1 is 1.28 bits per heavy atom. The zero-order valence-corrected chi connectivity index (χ0v) is 14.6. The molecule has 0 radical (unpaired) electrons. The van der Waals surface area contributed by atoms with Crippen LogP contribution in [0.15, 0.2) is 48.8 Å². The summed E-state index contributed by atoms with van der Waals surface area (Å²) in [6, 6.07) is 10.6. The van der Waals surface area contributed by atoms with E-state index in [0.717, 1.165) is 5.56 Å². The molecule has 2 rings (SSSR count). The maximum absolute atomic E-state index is 11.6. The van der Waals surface area contributed by atoms with E-state index in [2.05, 4.69) is 4.98 Å². The van der Waals surface area contributed by atoms with Crippen molar-refractivity contribution in [1.82, 2.24) is 9.88 Å². The first-order valence-electron chi connectivity index (χ1n) is 8.24. The van der Waals surface area contributed by atoms with Crippen molar-refractivity contribution in [3.8, 4) is 5.75 Å². The normalized spacial score (nSPS) is 12.0. The van der Waals surface area contributed by atoms with Crippen LogP contribution in [0.2, 0.25) is 0 Å². The molecule has 0 aliphatic rings. The molecule has 0 aliphatic carbocycles. The van der Waals surface area contributed by atoms with Crippen LogP contribution in [0.25, 0.3) is 0 Å². The van der Waals surface area contributed by atoms with Crippen molar-refractivity contribution in [2.45, 2.75) is 19.6 Å². The van der Waals surface area contributed by atoms with Gasteiger partial charge in [-0.25, -0.2) is 4.79 Å². The molecule has 0 saturated carbocycles. The molecule has 1 heterocycles. The number of pyridine rings is 1. The predicted molar refractivity (Wildman–Crippen MR) is 94.5 cm³/mol. The van der Waals surface area contributed by atoms with Crippen LogP contribution in [0.5, 0.6) is 5.75 Å². The van der Waals surface area contributed by atoms with Gasteiger partial charge in [0.2, 0.25) is 0 Å². The van der Waals surface area contributed by atoms with Gasteiger partial charge in [-0.15, -0.1) is 0 Å². The highest BCUT2D eigenvalue weighted by molar-refractivity contribution is 5.89. The Kier molecular flexibility index (Phi) is 7.37. The van der Waals surface area contributed by atoms with Gasteiger partial charge in [0.05, 0.1) is 12.2 Å². The van der Waals surface area contributed by atoms with Gasteiger partial charge in [-0.1, -0.05) is 6.07 Å². The number of aliphatic hydroxyl groups excluding tert-OH is 1. The van der Waals surface area contributed by atoms with Crippen LogP contribution in [-0.4, -0.2) is 53.9 Å². The molecule has 0 amide bonds. The van der Waals surface area contributed by atoms with Crippen molar-refractivity contribution >= 4 is 5.97 Å². The maximum atomic E-state index is 11.6. The summed E-state index contributed by atoms with van der Waals surface area (Å²) in [5.41, 5.74) is 1.57. The minimum Gasteiger partial charge on any atom is -0.491 e. The summed E-state index contributed by atoms with van der Waals surface area (Å²) in [5.74, 6) is 0.244. The number of hydrogen-bond donors (Lipinski definition) is 1. The van der Waals surface area contributed by atoms with Gasteiger partial charge in [-0.05, 0) is 49.9 Å². The van der Waals surface area contributed by atoms with Crippen LogP contribution >= 0.6 is 0 Å². The molecule has 0 bridgehead atoms. The van der Waals surface area contributed by atoms with E-state index < -0.39 is 6.10 Å². The van der Waals surface area contributed by atoms with Crippen LogP contribution < -0.4 is 4.74 Å². The molecule has 134 valence electrons. The molecule has 0 saturated heterocycles. The molecule has 0 aliphatic heterocycles. The fourth-order valence-electron chi connectivity index (χ4n) is 2.37. The lowest BCUT2D eigenvalue weighted by atomic mass is 10.2. The second kappa shape index (κ2) is 9.76. The molecular formula is C19H24N2O4. The first-order valence-corrected chi connectivity index (χ1v) is 8.24. The van der Waals surface area contributed by atoms with Gasteiger partial charge >= 0.3 is 5.97 Å². The number of carbonyl (C=O) groups is 1. The molecule has 6 nitrogen and oxygen atoms in total. The van der Waals surface area contributed by atoms with Crippen LogP contribution in [0.1, 0.15) is 22.8 Å². The van der Waals surface area contributed by atoms with E-state index >= 15 is 0 Å². The molecule has 0 unspecified atom stereocenters. The Morgan fingerprint density at radius 2 is 2.04 bits per heavy atom. The van der Waals surface area contributed by atoms with Crippen LogP contribution in [-0.2, 0) is 11.3 Å². The number of ether oxygens (including phenoxy) is 2. The first kappa shape index (κ1) is 18.9. The molecule has 6 heteroatoms. The van der Waals surface area contributed by atoms with Gasteiger partial charge in [-0.2, -0.15) is 0 Å². The highest BCUT2D eigenvalue weighted by Crippen LogP contribution is 2.13. The van der Waals surface area contributed by atoms with E-state index in [-0.39, 0.29) is 12.6 Å². The molecule has 0 fully saturated rings. The van der Waals surface area contributed by atoms with Gasteiger partial charge in [-0.3, -0.25) is 9.88 Å². The minimum atomic E-state index is -0.619. The molecule has 1 aromatic carbocycles. The smallest absolute Gasteiger partial charge is 0.338 e. The Hall–Kier alpha value is -2.44. The standard InChI is InChI=1S/C19H24N2O4/c1-3-24-19(23)16-6-8-18(9-7-16)25-14-17(22)13-21(2)12-15-5-4-10-20-11-15/h4-11,17,22H,3,12-14H2,1-2H3/t17-/m1/s1. The van der Waals surface area contributed by atoms with Crippen molar-refractivity contribution in [3.05, 3.63) is 59.9 Å². The van der Waals surface area contributed by atoms with Gasteiger partial charge in [0.1, 0.15) is 18.5 Å². The van der Waals surface area contributed by atoms with Crippen molar-refractivity contribution in [2.24, 2.45) is 0 Å². The molecule has 1 aromatic heterocycles. The highest BCUT2D eigenvalue weighted by atomic mass is 16.5. The molecule has 25 heavy (non-hydrogen) atoms. The summed E-state index contributed by atoms with van der Waals surface area (Å²) in [6.45, 7) is 3.48. The zero-order chi connectivity index (χ0) is 18.1. The number of esters is 1. The van der Waals surface area contributed by atoms with Crippen molar-refractivity contribution in [1.29, 1.82) is 0 Å². The van der Waals surface area contributed by atoms with E-state index in [4.69, 9.17) is 9.47 Å². The number of carbonyl (C=O) groups excluding carboxylic acids is 1. The van der Waals surface area contributed by atoms with E-state index in [0.29, 0.717) is 31.0 Å². The fraction of sp³-hybridized carbons (Fsp3) is 0.368. The second-order valence-electron chi connectivity index (χ2n) is 5.77. The predicted octanol–water partition coefficient (Wildman–Crippen LogP) is 2.13. The Morgan fingerprint density at radius 3 is 2.68 bits per heavy atom. The third-order valence-corrected chi connectivity index (χ3v) is 3.51. The molecule has 0 spiro atoms. The summed E-state index contributed by atoms with van der Waals surface area (Å²) in [4.78, 5) is 17.7. The SMILES string of the molecule is CCOC(=O)c1ccc(OC[C@H](O)CN(C)Cc2cccnc2)cc1. The van der Waals surface area contributed by atoms with Crippen LogP contribution in [0, 0.1) is 0 Å². The number of aliphatic hydroxyl groups is 1. The van der Waals surface area contributed by atoms with Gasteiger partial charge < -0.3 is 14.6 Å². The molecule has 1 atom stereocenters. The largest absolute Gasteiger partial charge is 0.491 e. The Labute approximate surface area is 148 Å². The number of aromatic nitrogens is 1. The van der Waals surface area contributed by atoms with E-state index in [1.165, 1.54) is 0 Å². The monoisotopic (exact) mass is 344 g/mol. The summed E-state index contributed by atoms with van der Waals surface area (Å²) < 4.78 is 10.5. The van der Waals surface area contributed by atoms with Crippen molar-refractivity contribution < 1.29 is 19.4 Å². The summed E-state index contributed by atoms with van der Waals surface area (Å²) in [6.07, 6.45) is 2.93. The van der Waals surface area contributed by atoms with Crippen LogP contribution in [0.4, 0.5) is 0 Å². The van der Waals surface area contributed by atoms with Crippen molar-refractivity contribution in [2.75, 3.05) is 26.8 Å². The highest BCUT2D eigenvalue weighted by Gasteiger charge is 2.11. The number of benzene rings is 1. The molecular weight excluding hydrogens is 320 g/mol. The lowest BCUT2D eigenvalue weighted by molar-refractivity contribution is 0.0525. The Balaban J connectivity index is 1.75. The van der Waals surface area contributed by atoms with Crippen LogP contribution in [0.3, 0.4) is 0 Å². The summed E-state index contributed by atoms with van der Waals surface area (Å²) >= 11 is 0. The maximum Gasteiger partial charge on any atom is 0.338 e.